The van der Waals surface area contributed by atoms with Gasteiger partial charge in [-0.25, -0.2) is 4.39 Å². The summed E-state index contributed by atoms with van der Waals surface area (Å²) in [5.41, 5.74) is 0.00701. The van der Waals surface area contributed by atoms with Gasteiger partial charge in [0.15, 0.2) is 0 Å². The summed E-state index contributed by atoms with van der Waals surface area (Å²) in [6, 6.07) is 4.89. The third-order valence-corrected chi connectivity index (χ3v) is 8.04. The number of nitrogens with one attached hydrogen (secondary N) is 3. The van der Waals surface area contributed by atoms with Gasteiger partial charge in [-0.1, -0.05) is 25.0 Å². The van der Waals surface area contributed by atoms with E-state index in [9.17, 15) is 18.8 Å². The molecule has 1 aromatic carbocycles. The van der Waals surface area contributed by atoms with Crippen LogP contribution in [0.2, 0.25) is 0 Å². The van der Waals surface area contributed by atoms with Crippen molar-refractivity contribution in [3.8, 4) is 0 Å². The lowest BCUT2D eigenvalue weighted by atomic mass is 9.73. The number of likely N-dealkylation sites (N-methyl/N-ethyl adjacent to an activating group) is 1. The van der Waals surface area contributed by atoms with Gasteiger partial charge >= 0.3 is 0 Å². The zero-order valence-electron chi connectivity index (χ0n) is 23.3. The minimum Gasteiger partial charge on any atom is -0.351 e. The summed E-state index contributed by atoms with van der Waals surface area (Å²) in [7, 11) is 1.97. The Bertz CT molecular complexity index is 996. The number of carbonyl (C=O) groups is 3. The lowest BCUT2D eigenvalue weighted by Gasteiger charge is -2.43. The number of nitrogens with zero attached hydrogens (tertiary/aromatic N) is 2. The monoisotopic (exact) mass is 529 g/mol. The molecule has 1 aliphatic carbocycles. The number of rotatable bonds is 8. The van der Waals surface area contributed by atoms with Crippen molar-refractivity contribution in [2.45, 2.75) is 76.9 Å². The molecule has 2 aliphatic heterocycles. The molecule has 0 aromatic heterocycles. The first-order valence-electron chi connectivity index (χ1n) is 14.0. The van der Waals surface area contributed by atoms with Crippen LogP contribution in [0.15, 0.2) is 24.3 Å². The molecule has 1 aromatic rings. The van der Waals surface area contributed by atoms with E-state index in [4.69, 9.17) is 0 Å². The fourth-order valence-electron chi connectivity index (χ4n) is 5.65. The number of halogens is 1. The average molecular weight is 530 g/mol. The maximum atomic E-state index is 13.8. The average Bonchev–Trinajstić information content (AvgIpc) is 3.67. The second kappa shape index (κ2) is 11.7. The number of carbonyl (C=O) groups excluding carboxylic acids is 3. The number of hydrogen-bond donors (Lipinski definition) is 3. The highest BCUT2D eigenvalue weighted by Gasteiger charge is 2.47. The third-order valence-electron chi connectivity index (χ3n) is 8.04. The van der Waals surface area contributed by atoms with Crippen molar-refractivity contribution >= 4 is 17.7 Å². The van der Waals surface area contributed by atoms with E-state index in [-0.39, 0.29) is 35.5 Å². The van der Waals surface area contributed by atoms with Gasteiger partial charge in [0.1, 0.15) is 11.9 Å². The molecule has 38 heavy (non-hydrogen) atoms. The molecular weight excluding hydrogens is 485 g/mol. The van der Waals surface area contributed by atoms with Gasteiger partial charge in [0, 0.05) is 44.7 Å². The molecule has 0 unspecified atom stereocenters. The predicted octanol–water partition coefficient (Wildman–Crippen LogP) is 2.08. The van der Waals surface area contributed by atoms with Gasteiger partial charge in [-0.2, -0.15) is 0 Å². The first-order valence-corrected chi connectivity index (χ1v) is 14.0. The topological polar surface area (TPSA) is 93.8 Å². The van der Waals surface area contributed by atoms with E-state index in [2.05, 4.69) is 20.9 Å². The highest BCUT2D eigenvalue weighted by Crippen LogP contribution is 2.46. The van der Waals surface area contributed by atoms with E-state index in [0.29, 0.717) is 44.9 Å². The minimum absolute atomic E-state index is 0.0904. The fraction of sp³-hybridized carbons (Fsp3) is 0.690. The maximum Gasteiger partial charge on any atom is 0.245 e. The second-order valence-corrected chi connectivity index (χ2v) is 12.6. The van der Waals surface area contributed by atoms with E-state index in [1.54, 1.807) is 17.0 Å². The van der Waals surface area contributed by atoms with E-state index in [0.717, 1.165) is 18.5 Å². The Hall–Kier alpha value is -2.52. The molecule has 3 amide bonds. The lowest BCUT2D eigenvalue weighted by Crippen LogP contribution is -2.60. The Morgan fingerprint density at radius 2 is 1.76 bits per heavy atom. The molecule has 0 bridgehead atoms. The Morgan fingerprint density at radius 1 is 1.11 bits per heavy atom. The molecule has 1 saturated carbocycles. The van der Waals surface area contributed by atoms with Gasteiger partial charge in [0.05, 0.1) is 11.5 Å². The van der Waals surface area contributed by atoms with Crippen molar-refractivity contribution in [2.24, 2.45) is 11.3 Å². The molecule has 3 aliphatic rings. The van der Waals surface area contributed by atoms with Crippen LogP contribution >= 0.6 is 0 Å². The predicted molar refractivity (Wildman–Crippen MR) is 145 cm³/mol. The van der Waals surface area contributed by atoms with Crippen molar-refractivity contribution < 1.29 is 18.8 Å². The number of likely N-dealkylation sites (tertiary alicyclic amines) is 1. The van der Waals surface area contributed by atoms with Crippen LogP contribution < -0.4 is 16.0 Å². The van der Waals surface area contributed by atoms with E-state index < -0.39 is 17.5 Å². The summed E-state index contributed by atoms with van der Waals surface area (Å²) in [5, 5.41) is 9.42. The van der Waals surface area contributed by atoms with Crippen LogP contribution in [-0.4, -0.2) is 84.9 Å². The first-order chi connectivity index (χ1) is 17.9. The highest BCUT2D eigenvalue weighted by molar-refractivity contribution is 5.90. The molecule has 4 rings (SSSR count). The Balaban J connectivity index is 1.46. The van der Waals surface area contributed by atoms with Crippen molar-refractivity contribution in [3.05, 3.63) is 35.6 Å². The molecule has 2 atom stereocenters. The number of benzene rings is 1. The van der Waals surface area contributed by atoms with Gasteiger partial charge in [0.25, 0.3) is 0 Å². The van der Waals surface area contributed by atoms with Gasteiger partial charge in [0.2, 0.25) is 17.7 Å². The van der Waals surface area contributed by atoms with Crippen LogP contribution in [0.1, 0.15) is 58.4 Å². The summed E-state index contributed by atoms with van der Waals surface area (Å²) in [4.78, 5) is 44.3. The highest BCUT2D eigenvalue weighted by atomic mass is 19.1. The molecule has 8 nitrogen and oxygen atoms in total. The summed E-state index contributed by atoms with van der Waals surface area (Å²) in [5.74, 6) is -0.0151. The normalized spacial score (nSPS) is 23.0. The summed E-state index contributed by atoms with van der Waals surface area (Å²) in [6.45, 7) is 9.08. The quantitative estimate of drug-likeness (QED) is 0.480. The summed E-state index contributed by atoms with van der Waals surface area (Å²) in [6.07, 6.45) is 4.72. The zero-order chi connectivity index (χ0) is 27.5. The van der Waals surface area contributed by atoms with Crippen LogP contribution in [0, 0.1) is 17.2 Å². The molecule has 2 heterocycles. The number of piperidine rings is 1. The Labute approximate surface area is 226 Å². The van der Waals surface area contributed by atoms with Gasteiger partial charge in [-0.3, -0.25) is 14.4 Å². The smallest absolute Gasteiger partial charge is 0.245 e. The largest absolute Gasteiger partial charge is 0.351 e. The molecule has 3 fully saturated rings. The standard InChI is InChI=1S/C29H44FN5O3/c1-28(2,3)33-27(38)29(18-21-5-6-21)11-14-35(15-12-29)26(37)23(17-20-7-9-22(30)10-8-20)32-25(36)24-19-34(4)16-13-31-24/h7-10,21,23-24,31H,5-6,11-19H2,1-4H3,(H,32,36)(H,33,38)/t23-,24+/m0/s1. The molecule has 9 heteroatoms. The molecule has 210 valence electrons. The minimum atomic E-state index is -0.763. The number of amides is 3. The van der Waals surface area contributed by atoms with Crippen LogP contribution in [0.25, 0.3) is 0 Å². The lowest BCUT2D eigenvalue weighted by molar-refractivity contribution is -0.144. The third kappa shape index (κ3) is 7.53. The Morgan fingerprint density at radius 3 is 2.34 bits per heavy atom. The van der Waals surface area contributed by atoms with Crippen molar-refractivity contribution in [3.63, 3.8) is 0 Å². The van der Waals surface area contributed by atoms with Crippen LogP contribution in [0.5, 0.6) is 0 Å². The molecular formula is C29H44FN5O3. The number of piperazine rings is 1. The SMILES string of the molecule is CN1CCN[C@@H](C(=O)N[C@@H](Cc2ccc(F)cc2)C(=O)N2CCC(CC3CC3)(C(=O)NC(C)(C)C)CC2)C1. The van der Waals surface area contributed by atoms with Crippen molar-refractivity contribution in [1.82, 2.24) is 25.8 Å². The van der Waals surface area contributed by atoms with Gasteiger partial charge in [-0.05, 0) is 70.7 Å². The molecule has 0 spiro atoms. The van der Waals surface area contributed by atoms with Crippen LogP contribution in [-0.2, 0) is 20.8 Å². The van der Waals surface area contributed by atoms with Crippen molar-refractivity contribution in [2.75, 3.05) is 39.8 Å². The second-order valence-electron chi connectivity index (χ2n) is 12.6. The fourth-order valence-corrected chi connectivity index (χ4v) is 5.65. The maximum absolute atomic E-state index is 13.8. The van der Waals surface area contributed by atoms with Gasteiger partial charge in [-0.15, -0.1) is 0 Å². The zero-order valence-corrected chi connectivity index (χ0v) is 23.3. The van der Waals surface area contributed by atoms with E-state index >= 15 is 0 Å². The van der Waals surface area contributed by atoms with Crippen LogP contribution in [0.3, 0.4) is 0 Å². The van der Waals surface area contributed by atoms with E-state index in [1.807, 2.05) is 27.8 Å². The summed E-state index contributed by atoms with van der Waals surface area (Å²) < 4.78 is 13.5. The molecule has 2 saturated heterocycles. The summed E-state index contributed by atoms with van der Waals surface area (Å²) >= 11 is 0. The number of hydrogen-bond acceptors (Lipinski definition) is 5. The van der Waals surface area contributed by atoms with E-state index in [1.165, 1.54) is 25.0 Å². The van der Waals surface area contributed by atoms with Gasteiger partial charge < -0.3 is 25.8 Å². The Kier molecular flexibility index (Phi) is 8.77. The molecule has 0 radical (unpaired) electrons. The van der Waals surface area contributed by atoms with Crippen LogP contribution in [0.4, 0.5) is 4.39 Å². The van der Waals surface area contributed by atoms with Crippen molar-refractivity contribution in [1.29, 1.82) is 0 Å². The molecule has 3 N–H and O–H groups in total. The first kappa shape index (κ1) is 28.5.